The van der Waals surface area contributed by atoms with Gasteiger partial charge in [-0.2, -0.15) is 0 Å². The lowest BCUT2D eigenvalue weighted by Crippen LogP contribution is -2.09. The SMILES string of the molecule is CC(C)Nc1ccc2c(c1)CCN2. The van der Waals surface area contributed by atoms with Gasteiger partial charge in [-0.3, -0.25) is 0 Å². The first kappa shape index (κ1) is 8.42. The molecule has 0 bridgehead atoms. The highest BCUT2D eigenvalue weighted by Gasteiger charge is 2.09. The molecule has 2 heteroatoms. The van der Waals surface area contributed by atoms with Crippen LogP contribution in [0, 0.1) is 0 Å². The summed E-state index contributed by atoms with van der Waals surface area (Å²) < 4.78 is 0. The summed E-state index contributed by atoms with van der Waals surface area (Å²) in [4.78, 5) is 0. The number of anilines is 2. The molecule has 2 rings (SSSR count). The van der Waals surface area contributed by atoms with E-state index in [4.69, 9.17) is 0 Å². The maximum absolute atomic E-state index is 3.41. The predicted octanol–water partition coefficient (Wildman–Crippen LogP) is 2.47. The summed E-state index contributed by atoms with van der Waals surface area (Å²) in [5.74, 6) is 0. The van der Waals surface area contributed by atoms with Gasteiger partial charge in [0, 0.05) is 24.0 Å². The van der Waals surface area contributed by atoms with Gasteiger partial charge in [-0.1, -0.05) is 0 Å². The predicted molar refractivity (Wildman–Crippen MR) is 57.4 cm³/mol. The van der Waals surface area contributed by atoms with Crippen molar-refractivity contribution in [2.75, 3.05) is 17.2 Å². The Balaban J connectivity index is 2.21. The molecular weight excluding hydrogens is 160 g/mol. The molecule has 0 aliphatic carbocycles. The summed E-state index contributed by atoms with van der Waals surface area (Å²) in [6.45, 7) is 5.40. The highest BCUT2D eigenvalue weighted by atomic mass is 14.9. The van der Waals surface area contributed by atoms with Crippen molar-refractivity contribution >= 4 is 11.4 Å². The lowest BCUT2D eigenvalue weighted by Gasteiger charge is -2.10. The van der Waals surface area contributed by atoms with Crippen molar-refractivity contribution in [3.8, 4) is 0 Å². The van der Waals surface area contributed by atoms with Gasteiger partial charge in [0.05, 0.1) is 0 Å². The number of nitrogens with one attached hydrogen (secondary N) is 2. The zero-order valence-electron chi connectivity index (χ0n) is 8.22. The normalized spacial score (nSPS) is 14.1. The highest BCUT2D eigenvalue weighted by molar-refractivity contribution is 5.62. The lowest BCUT2D eigenvalue weighted by atomic mass is 10.1. The summed E-state index contributed by atoms with van der Waals surface area (Å²) in [6.07, 6.45) is 1.16. The van der Waals surface area contributed by atoms with E-state index >= 15 is 0 Å². The van der Waals surface area contributed by atoms with Crippen LogP contribution in [0.15, 0.2) is 18.2 Å². The molecule has 1 heterocycles. The Morgan fingerprint density at radius 2 is 2.23 bits per heavy atom. The van der Waals surface area contributed by atoms with Crippen LogP contribution in [-0.4, -0.2) is 12.6 Å². The van der Waals surface area contributed by atoms with Crippen LogP contribution in [0.5, 0.6) is 0 Å². The van der Waals surface area contributed by atoms with Crippen molar-refractivity contribution in [2.24, 2.45) is 0 Å². The van der Waals surface area contributed by atoms with E-state index in [9.17, 15) is 0 Å². The van der Waals surface area contributed by atoms with Crippen LogP contribution in [-0.2, 0) is 6.42 Å². The minimum absolute atomic E-state index is 0.507. The zero-order chi connectivity index (χ0) is 9.26. The van der Waals surface area contributed by atoms with Gasteiger partial charge >= 0.3 is 0 Å². The highest BCUT2D eigenvalue weighted by Crippen LogP contribution is 2.25. The first-order valence-corrected chi connectivity index (χ1v) is 4.89. The molecule has 1 aromatic carbocycles. The monoisotopic (exact) mass is 176 g/mol. The molecular formula is C11H16N2. The van der Waals surface area contributed by atoms with E-state index in [0.717, 1.165) is 13.0 Å². The Labute approximate surface area is 79.4 Å². The summed E-state index contributed by atoms with van der Waals surface area (Å²) in [5, 5.41) is 6.76. The first-order chi connectivity index (χ1) is 6.25. The molecule has 2 nitrogen and oxygen atoms in total. The maximum atomic E-state index is 3.41. The van der Waals surface area contributed by atoms with E-state index in [2.05, 4.69) is 42.7 Å². The number of benzene rings is 1. The number of hydrogen-bond acceptors (Lipinski definition) is 2. The van der Waals surface area contributed by atoms with Gasteiger partial charge in [0.2, 0.25) is 0 Å². The van der Waals surface area contributed by atoms with Gasteiger partial charge in [-0.05, 0) is 44.0 Å². The Hall–Kier alpha value is -1.18. The van der Waals surface area contributed by atoms with Crippen LogP contribution < -0.4 is 10.6 Å². The Kier molecular flexibility index (Phi) is 2.13. The number of rotatable bonds is 2. The molecule has 0 radical (unpaired) electrons. The molecule has 0 amide bonds. The van der Waals surface area contributed by atoms with Crippen molar-refractivity contribution in [3.63, 3.8) is 0 Å². The third kappa shape index (κ3) is 1.77. The third-order valence-electron chi connectivity index (χ3n) is 2.27. The van der Waals surface area contributed by atoms with Gasteiger partial charge in [0.15, 0.2) is 0 Å². The molecule has 0 unspecified atom stereocenters. The van der Waals surface area contributed by atoms with Crippen molar-refractivity contribution in [1.29, 1.82) is 0 Å². The maximum Gasteiger partial charge on any atom is 0.0375 e. The molecule has 2 N–H and O–H groups in total. The fourth-order valence-corrected chi connectivity index (χ4v) is 1.73. The fourth-order valence-electron chi connectivity index (χ4n) is 1.73. The lowest BCUT2D eigenvalue weighted by molar-refractivity contribution is 0.899. The molecule has 0 atom stereocenters. The molecule has 0 saturated heterocycles. The second-order valence-corrected chi connectivity index (χ2v) is 3.85. The molecule has 1 aromatic rings. The second kappa shape index (κ2) is 3.29. The van der Waals surface area contributed by atoms with Crippen LogP contribution in [0.25, 0.3) is 0 Å². The van der Waals surface area contributed by atoms with Crippen molar-refractivity contribution < 1.29 is 0 Å². The Bertz CT molecular complexity index is 305. The standard InChI is InChI=1S/C11H16N2/c1-8(2)13-10-3-4-11-9(7-10)5-6-12-11/h3-4,7-8,12-13H,5-6H2,1-2H3. The minimum Gasteiger partial charge on any atom is -0.384 e. The number of fused-ring (bicyclic) bond motifs is 1. The first-order valence-electron chi connectivity index (χ1n) is 4.89. The molecule has 70 valence electrons. The van der Waals surface area contributed by atoms with Crippen LogP contribution in [0.3, 0.4) is 0 Å². The molecule has 1 aliphatic heterocycles. The summed E-state index contributed by atoms with van der Waals surface area (Å²) in [7, 11) is 0. The van der Waals surface area contributed by atoms with Crippen LogP contribution in [0.4, 0.5) is 11.4 Å². The summed E-state index contributed by atoms with van der Waals surface area (Å²) in [6, 6.07) is 7.05. The molecule has 0 spiro atoms. The second-order valence-electron chi connectivity index (χ2n) is 3.85. The van der Waals surface area contributed by atoms with Gasteiger partial charge in [0.25, 0.3) is 0 Å². The van der Waals surface area contributed by atoms with Crippen molar-refractivity contribution in [3.05, 3.63) is 23.8 Å². The minimum atomic E-state index is 0.507. The van der Waals surface area contributed by atoms with Crippen LogP contribution >= 0.6 is 0 Å². The van der Waals surface area contributed by atoms with Gasteiger partial charge < -0.3 is 10.6 Å². The number of hydrogen-bond donors (Lipinski definition) is 2. The van der Waals surface area contributed by atoms with E-state index in [1.807, 2.05) is 0 Å². The Morgan fingerprint density at radius 1 is 1.38 bits per heavy atom. The van der Waals surface area contributed by atoms with E-state index in [0.29, 0.717) is 6.04 Å². The quantitative estimate of drug-likeness (QED) is 0.723. The van der Waals surface area contributed by atoms with Gasteiger partial charge in [-0.15, -0.1) is 0 Å². The topological polar surface area (TPSA) is 24.1 Å². The van der Waals surface area contributed by atoms with E-state index in [1.165, 1.54) is 16.9 Å². The summed E-state index contributed by atoms with van der Waals surface area (Å²) in [5.41, 5.74) is 3.97. The Morgan fingerprint density at radius 3 is 3.00 bits per heavy atom. The average Bonchev–Trinajstić information content (AvgIpc) is 2.49. The molecule has 0 fully saturated rings. The largest absolute Gasteiger partial charge is 0.384 e. The van der Waals surface area contributed by atoms with E-state index < -0.39 is 0 Å². The fraction of sp³-hybridized carbons (Fsp3) is 0.455. The zero-order valence-corrected chi connectivity index (χ0v) is 8.22. The van der Waals surface area contributed by atoms with Crippen LogP contribution in [0.2, 0.25) is 0 Å². The average molecular weight is 176 g/mol. The van der Waals surface area contributed by atoms with Crippen molar-refractivity contribution in [2.45, 2.75) is 26.3 Å². The molecule has 1 aliphatic rings. The van der Waals surface area contributed by atoms with Gasteiger partial charge in [0.1, 0.15) is 0 Å². The van der Waals surface area contributed by atoms with E-state index in [-0.39, 0.29) is 0 Å². The summed E-state index contributed by atoms with van der Waals surface area (Å²) >= 11 is 0. The molecule has 0 aromatic heterocycles. The van der Waals surface area contributed by atoms with Crippen LogP contribution in [0.1, 0.15) is 19.4 Å². The smallest absolute Gasteiger partial charge is 0.0375 e. The third-order valence-corrected chi connectivity index (χ3v) is 2.27. The van der Waals surface area contributed by atoms with Crippen molar-refractivity contribution in [1.82, 2.24) is 0 Å². The molecule has 0 saturated carbocycles. The molecule has 13 heavy (non-hydrogen) atoms. The van der Waals surface area contributed by atoms with E-state index in [1.54, 1.807) is 0 Å². The van der Waals surface area contributed by atoms with Gasteiger partial charge in [-0.25, -0.2) is 0 Å².